The Morgan fingerprint density at radius 3 is 0.896 bits per heavy atom. The van der Waals surface area contributed by atoms with Gasteiger partial charge in [0.15, 0.2) is 0 Å². The van der Waals surface area contributed by atoms with Crippen LogP contribution in [0, 0.1) is 0 Å². The SMILES string of the molecule is c1ccc2c(c1)ccc1c3cc(-c4c5ccccc5c(-c5ccc6c7ccccc7c7ccc(-c8ccc9ccc%10ccc(-c%11c%12ccccc%12c(-c%12ccc%13oc%14c%15ccccc%15ccc%14c%13c%12)c%12ccccc%11%12)c%11ccc8c9c%10%11)cc7c6c5)c5ccccc45)ccc3oc21. The Morgan fingerprint density at radius 1 is 0.156 bits per heavy atom. The predicted octanol–water partition coefficient (Wildman–Crippen LogP) is 27.1. The van der Waals surface area contributed by atoms with Crippen LogP contribution in [0.25, 0.3) is 229 Å². The number of hydrogen-bond acceptors (Lipinski definition) is 2. The maximum atomic E-state index is 6.65. The van der Waals surface area contributed by atoms with Crippen LogP contribution in [0.15, 0.2) is 324 Å². The van der Waals surface area contributed by atoms with Gasteiger partial charge >= 0.3 is 0 Å². The van der Waals surface area contributed by atoms with Crippen molar-refractivity contribution in [1.82, 2.24) is 0 Å². The lowest BCUT2D eigenvalue weighted by atomic mass is 9.82. The molecule has 22 aromatic rings. The minimum Gasteiger partial charge on any atom is -0.455 e. The molecule has 22 rings (SSSR count). The van der Waals surface area contributed by atoms with Crippen LogP contribution >= 0.6 is 0 Å². The second-order valence-corrected chi connectivity index (χ2v) is 26.4. The van der Waals surface area contributed by atoms with Crippen LogP contribution in [-0.4, -0.2) is 0 Å². The van der Waals surface area contributed by atoms with E-state index in [1.54, 1.807) is 0 Å². The first-order valence-electron chi connectivity index (χ1n) is 33.3. The van der Waals surface area contributed by atoms with Gasteiger partial charge in [0.1, 0.15) is 22.3 Å². The summed E-state index contributed by atoms with van der Waals surface area (Å²) in [4.78, 5) is 0. The molecule has 0 aliphatic carbocycles. The maximum absolute atomic E-state index is 6.65. The van der Waals surface area contributed by atoms with Crippen molar-refractivity contribution in [3.05, 3.63) is 315 Å². The first-order valence-corrected chi connectivity index (χ1v) is 33.3. The normalized spacial score (nSPS) is 12.4. The summed E-state index contributed by atoms with van der Waals surface area (Å²) in [5.41, 5.74) is 15.8. The van der Waals surface area contributed by atoms with Gasteiger partial charge in [-0.25, -0.2) is 0 Å². The highest BCUT2D eigenvalue weighted by Gasteiger charge is 2.24. The fourth-order valence-electron chi connectivity index (χ4n) is 17.4. The summed E-state index contributed by atoms with van der Waals surface area (Å²) in [6.07, 6.45) is 0. The van der Waals surface area contributed by atoms with Crippen molar-refractivity contribution in [2.75, 3.05) is 0 Å². The second kappa shape index (κ2) is 19.5. The lowest BCUT2D eigenvalue weighted by Gasteiger charge is -2.21. The fourth-order valence-corrected chi connectivity index (χ4v) is 17.4. The molecule has 0 fully saturated rings. The third-order valence-corrected chi connectivity index (χ3v) is 21.5. The third-order valence-electron chi connectivity index (χ3n) is 21.5. The molecule has 2 nitrogen and oxygen atoms in total. The molecule has 0 amide bonds. The van der Waals surface area contributed by atoms with Gasteiger partial charge < -0.3 is 8.83 Å². The summed E-state index contributed by atoms with van der Waals surface area (Å²) in [6, 6.07) is 118. The number of rotatable bonds is 5. The van der Waals surface area contributed by atoms with Gasteiger partial charge in [-0.1, -0.05) is 267 Å². The van der Waals surface area contributed by atoms with Gasteiger partial charge in [0.05, 0.1) is 0 Å². The Bertz CT molecular complexity index is 7080. The van der Waals surface area contributed by atoms with Crippen molar-refractivity contribution in [3.63, 3.8) is 0 Å². The lowest BCUT2D eigenvalue weighted by molar-refractivity contribution is 0.672. The summed E-state index contributed by atoms with van der Waals surface area (Å²) >= 11 is 0. The molecule has 20 aromatic carbocycles. The van der Waals surface area contributed by atoms with Crippen molar-refractivity contribution in [1.29, 1.82) is 0 Å². The molecule has 0 unspecified atom stereocenters. The zero-order chi connectivity index (χ0) is 62.4. The molecule has 0 bridgehead atoms. The molecule has 2 heterocycles. The van der Waals surface area contributed by atoms with E-state index in [-0.39, 0.29) is 0 Å². The first kappa shape index (κ1) is 51.9. The monoisotopic (exact) mass is 1210 g/mol. The fraction of sp³-hybridized carbons (Fsp3) is 0. The molecule has 0 aliphatic rings. The third kappa shape index (κ3) is 7.19. The summed E-state index contributed by atoms with van der Waals surface area (Å²) in [5, 5.41) is 34.0. The summed E-state index contributed by atoms with van der Waals surface area (Å²) in [5.74, 6) is 0. The number of hydrogen-bond donors (Lipinski definition) is 0. The van der Waals surface area contributed by atoms with Gasteiger partial charge in [-0.2, -0.15) is 0 Å². The van der Waals surface area contributed by atoms with E-state index in [9.17, 15) is 0 Å². The molecule has 2 aromatic heterocycles. The zero-order valence-electron chi connectivity index (χ0n) is 51.8. The van der Waals surface area contributed by atoms with Crippen molar-refractivity contribution >= 4 is 173 Å². The molecule has 2 heteroatoms. The van der Waals surface area contributed by atoms with Gasteiger partial charge in [0.25, 0.3) is 0 Å². The lowest BCUT2D eigenvalue weighted by Crippen LogP contribution is -1.93. The number of fused-ring (bicyclic) bond motifs is 20. The molecule has 0 saturated heterocycles. The van der Waals surface area contributed by atoms with Gasteiger partial charge in [-0.3, -0.25) is 0 Å². The molecule has 0 radical (unpaired) electrons. The maximum Gasteiger partial charge on any atom is 0.143 e. The molecule has 0 N–H and O–H groups in total. The van der Waals surface area contributed by atoms with E-state index in [4.69, 9.17) is 8.83 Å². The first-order chi connectivity index (χ1) is 47.6. The van der Waals surface area contributed by atoms with Gasteiger partial charge in [-0.05, 0) is 223 Å². The van der Waals surface area contributed by atoms with Gasteiger partial charge in [-0.15, -0.1) is 0 Å². The van der Waals surface area contributed by atoms with Crippen LogP contribution in [-0.2, 0) is 0 Å². The van der Waals surface area contributed by atoms with E-state index >= 15 is 0 Å². The molecule has 0 saturated carbocycles. The smallest absolute Gasteiger partial charge is 0.143 e. The van der Waals surface area contributed by atoms with E-state index < -0.39 is 0 Å². The molecular formula is C94H52O2. The van der Waals surface area contributed by atoms with Crippen LogP contribution in [0.4, 0.5) is 0 Å². The number of benzene rings is 20. The Balaban J connectivity index is 0.716. The van der Waals surface area contributed by atoms with Crippen LogP contribution in [0.3, 0.4) is 0 Å². The van der Waals surface area contributed by atoms with E-state index in [1.165, 1.54) is 174 Å². The van der Waals surface area contributed by atoms with E-state index in [0.717, 1.165) is 54.6 Å². The molecular weight excluding hydrogens is 1160 g/mol. The van der Waals surface area contributed by atoms with E-state index in [1.807, 2.05) is 0 Å². The molecule has 0 atom stereocenters. The molecule has 0 spiro atoms. The second-order valence-electron chi connectivity index (χ2n) is 26.4. The van der Waals surface area contributed by atoms with Gasteiger partial charge in [0, 0.05) is 32.3 Å². The minimum absolute atomic E-state index is 0.897. The highest BCUT2D eigenvalue weighted by molar-refractivity contribution is 6.33. The average molecular weight is 1210 g/mol. The average Bonchev–Trinajstić information content (AvgIpc) is 0.850. The van der Waals surface area contributed by atoms with Crippen LogP contribution < -0.4 is 0 Å². The zero-order valence-corrected chi connectivity index (χ0v) is 51.8. The number of furan rings is 2. The van der Waals surface area contributed by atoms with Crippen molar-refractivity contribution in [3.8, 4) is 55.6 Å². The topological polar surface area (TPSA) is 26.3 Å². The summed E-state index contributed by atoms with van der Waals surface area (Å²) < 4.78 is 13.3. The van der Waals surface area contributed by atoms with E-state index in [2.05, 4.69) is 315 Å². The Hall–Kier alpha value is -12.6. The Morgan fingerprint density at radius 2 is 0.448 bits per heavy atom. The standard InChI is InChI=1S/C94H52O2/c1-3-17-62-53(15-1)31-43-79-83-51-59(37-47-85(83)95-93(62)79)88-70-23-9-7-21-68(70)87(69-22-8-10-24-71(69)88)58-36-41-67-65-20-6-5-19-64(65)66-40-35-57(49-81(66)82(67)50-58)61-39-33-55-29-30-56-34-42-78(77-46-45-76(61)90(55)91(56)77)92-74-27-13-11-25-72(74)89(73-26-12-14-28-75(73)92)60-38-48-86-84(52-60)80-44-32-54-16-2-4-18-63(54)94(80)96-86/h1-52H. The van der Waals surface area contributed by atoms with Crippen LogP contribution in [0.1, 0.15) is 0 Å². The van der Waals surface area contributed by atoms with Crippen molar-refractivity contribution in [2.45, 2.75) is 0 Å². The largest absolute Gasteiger partial charge is 0.455 e. The van der Waals surface area contributed by atoms with Crippen LogP contribution in [0.2, 0.25) is 0 Å². The van der Waals surface area contributed by atoms with Crippen molar-refractivity contribution in [2.24, 2.45) is 0 Å². The van der Waals surface area contributed by atoms with E-state index in [0.29, 0.717) is 0 Å². The van der Waals surface area contributed by atoms with Crippen molar-refractivity contribution < 1.29 is 8.83 Å². The highest BCUT2D eigenvalue weighted by Crippen LogP contribution is 2.52. The Labute approximate surface area is 549 Å². The highest BCUT2D eigenvalue weighted by atomic mass is 16.3. The quantitative estimate of drug-likeness (QED) is 0.127. The predicted molar refractivity (Wildman–Crippen MR) is 409 cm³/mol. The summed E-state index contributed by atoms with van der Waals surface area (Å²) in [7, 11) is 0. The van der Waals surface area contributed by atoms with Gasteiger partial charge in [0.2, 0.25) is 0 Å². The molecule has 0 aliphatic heterocycles. The molecule has 440 valence electrons. The van der Waals surface area contributed by atoms with Crippen LogP contribution in [0.5, 0.6) is 0 Å². The minimum atomic E-state index is 0.897. The summed E-state index contributed by atoms with van der Waals surface area (Å²) in [6.45, 7) is 0. The Kier molecular flexibility index (Phi) is 10.5. The molecule has 96 heavy (non-hydrogen) atoms.